The van der Waals surface area contributed by atoms with Crippen molar-refractivity contribution in [2.24, 2.45) is 0 Å². The van der Waals surface area contributed by atoms with Crippen molar-refractivity contribution in [2.45, 2.75) is 16.7 Å². The molecule has 0 aliphatic heterocycles. The summed E-state index contributed by atoms with van der Waals surface area (Å²) in [6, 6.07) is 11.2. The number of halogens is 1. The monoisotopic (exact) mass is 375 g/mol. The molecule has 0 radical (unpaired) electrons. The highest BCUT2D eigenvalue weighted by Gasteiger charge is 2.12. The lowest BCUT2D eigenvalue weighted by Gasteiger charge is -2.13. The molecule has 0 bridgehead atoms. The number of carbonyl (C=O) groups is 2. The van der Waals surface area contributed by atoms with Crippen LogP contribution in [-0.2, 0) is 4.79 Å². The SMILES string of the molecule is CC(=O)Nc1cc(C(=O)NCCN(C)C)ccc1Sc1ccc(F)cc1. The minimum absolute atomic E-state index is 0.197. The van der Waals surface area contributed by atoms with E-state index in [0.29, 0.717) is 17.8 Å². The summed E-state index contributed by atoms with van der Waals surface area (Å²) in [6.07, 6.45) is 0. The summed E-state index contributed by atoms with van der Waals surface area (Å²) in [4.78, 5) is 27.4. The number of carbonyl (C=O) groups excluding carboxylic acids is 2. The molecule has 26 heavy (non-hydrogen) atoms. The van der Waals surface area contributed by atoms with E-state index in [9.17, 15) is 14.0 Å². The highest BCUT2D eigenvalue weighted by atomic mass is 32.2. The zero-order chi connectivity index (χ0) is 19.1. The minimum Gasteiger partial charge on any atom is -0.351 e. The van der Waals surface area contributed by atoms with Crippen molar-refractivity contribution in [1.82, 2.24) is 10.2 Å². The Bertz CT molecular complexity index is 779. The van der Waals surface area contributed by atoms with Gasteiger partial charge >= 0.3 is 0 Å². The average molecular weight is 375 g/mol. The summed E-state index contributed by atoms with van der Waals surface area (Å²) in [6.45, 7) is 2.69. The molecule has 0 aliphatic rings. The molecule has 0 spiro atoms. The number of likely N-dealkylation sites (N-methyl/N-ethyl adjacent to an activating group) is 1. The Morgan fingerprint density at radius 1 is 1.12 bits per heavy atom. The van der Waals surface area contributed by atoms with Gasteiger partial charge in [0, 0.05) is 35.4 Å². The molecule has 5 nitrogen and oxygen atoms in total. The zero-order valence-electron chi connectivity index (χ0n) is 15.0. The van der Waals surface area contributed by atoms with Gasteiger partial charge in [0.05, 0.1) is 5.69 Å². The molecule has 2 N–H and O–H groups in total. The van der Waals surface area contributed by atoms with Gasteiger partial charge in [-0.2, -0.15) is 0 Å². The van der Waals surface area contributed by atoms with E-state index in [1.165, 1.54) is 30.8 Å². The fourth-order valence-corrected chi connectivity index (χ4v) is 3.05. The number of nitrogens with zero attached hydrogens (tertiary/aromatic N) is 1. The number of hydrogen-bond acceptors (Lipinski definition) is 4. The smallest absolute Gasteiger partial charge is 0.251 e. The van der Waals surface area contributed by atoms with Crippen molar-refractivity contribution < 1.29 is 14.0 Å². The molecule has 2 rings (SSSR count). The lowest BCUT2D eigenvalue weighted by molar-refractivity contribution is -0.114. The van der Waals surface area contributed by atoms with Gasteiger partial charge in [0.25, 0.3) is 5.91 Å². The maximum atomic E-state index is 13.1. The lowest BCUT2D eigenvalue weighted by Crippen LogP contribution is -2.31. The summed E-state index contributed by atoms with van der Waals surface area (Å²) in [5.74, 6) is -0.728. The molecular weight excluding hydrogens is 353 g/mol. The van der Waals surface area contributed by atoms with Gasteiger partial charge in [0.2, 0.25) is 5.91 Å². The van der Waals surface area contributed by atoms with Gasteiger partial charge in [-0.3, -0.25) is 9.59 Å². The molecule has 138 valence electrons. The third-order valence-corrected chi connectivity index (χ3v) is 4.52. The molecule has 0 aliphatic carbocycles. The summed E-state index contributed by atoms with van der Waals surface area (Å²) in [5, 5.41) is 5.60. The molecular formula is C19H22FN3O2S. The predicted molar refractivity (Wildman–Crippen MR) is 102 cm³/mol. The fraction of sp³-hybridized carbons (Fsp3) is 0.263. The highest BCUT2D eigenvalue weighted by molar-refractivity contribution is 7.99. The molecule has 2 amide bonds. The second-order valence-electron chi connectivity index (χ2n) is 6.01. The van der Waals surface area contributed by atoms with Crippen LogP contribution in [0.1, 0.15) is 17.3 Å². The average Bonchev–Trinajstić information content (AvgIpc) is 2.57. The minimum atomic E-state index is -0.304. The van der Waals surface area contributed by atoms with Crippen molar-refractivity contribution in [2.75, 3.05) is 32.5 Å². The van der Waals surface area contributed by atoms with Crippen LogP contribution in [0.3, 0.4) is 0 Å². The first-order valence-electron chi connectivity index (χ1n) is 8.13. The highest BCUT2D eigenvalue weighted by Crippen LogP contribution is 2.34. The topological polar surface area (TPSA) is 61.4 Å². The molecule has 2 aromatic carbocycles. The fourth-order valence-electron chi connectivity index (χ4n) is 2.17. The molecule has 0 atom stereocenters. The zero-order valence-corrected chi connectivity index (χ0v) is 15.8. The molecule has 0 saturated heterocycles. The van der Waals surface area contributed by atoms with Crippen molar-refractivity contribution >= 4 is 29.3 Å². The Hall–Kier alpha value is -2.38. The first-order chi connectivity index (χ1) is 12.3. The van der Waals surface area contributed by atoms with E-state index in [-0.39, 0.29) is 17.6 Å². The van der Waals surface area contributed by atoms with E-state index in [4.69, 9.17) is 0 Å². The maximum Gasteiger partial charge on any atom is 0.251 e. The van der Waals surface area contributed by atoms with Gasteiger partial charge in [-0.25, -0.2) is 4.39 Å². The quantitative estimate of drug-likeness (QED) is 0.780. The summed E-state index contributed by atoms with van der Waals surface area (Å²) >= 11 is 1.39. The number of benzene rings is 2. The lowest BCUT2D eigenvalue weighted by atomic mass is 10.2. The van der Waals surface area contributed by atoms with Crippen LogP contribution >= 0.6 is 11.8 Å². The Morgan fingerprint density at radius 3 is 2.42 bits per heavy atom. The Balaban J connectivity index is 2.19. The van der Waals surface area contributed by atoms with Gasteiger partial charge in [-0.15, -0.1) is 0 Å². The second-order valence-corrected chi connectivity index (χ2v) is 7.12. The normalized spacial score (nSPS) is 10.7. The third-order valence-electron chi connectivity index (χ3n) is 3.44. The van der Waals surface area contributed by atoms with Crippen LogP contribution in [0.25, 0.3) is 0 Å². The van der Waals surface area contributed by atoms with Crippen molar-refractivity contribution in [3.8, 4) is 0 Å². The van der Waals surface area contributed by atoms with Gasteiger partial charge < -0.3 is 15.5 Å². The van der Waals surface area contributed by atoms with Crippen molar-refractivity contribution in [3.63, 3.8) is 0 Å². The number of anilines is 1. The van der Waals surface area contributed by atoms with Gasteiger partial charge in [-0.1, -0.05) is 11.8 Å². The molecule has 2 aromatic rings. The van der Waals surface area contributed by atoms with E-state index in [1.807, 2.05) is 19.0 Å². The predicted octanol–water partition coefficient (Wildman–Crippen LogP) is 3.23. The van der Waals surface area contributed by atoms with Crippen molar-refractivity contribution in [1.29, 1.82) is 0 Å². The number of hydrogen-bond donors (Lipinski definition) is 2. The molecule has 0 saturated carbocycles. The second kappa shape index (κ2) is 9.35. The molecule has 0 fully saturated rings. The summed E-state index contributed by atoms with van der Waals surface area (Å²) in [5.41, 5.74) is 1.02. The van der Waals surface area contributed by atoms with Crippen LogP contribution in [-0.4, -0.2) is 43.9 Å². The summed E-state index contributed by atoms with van der Waals surface area (Å²) < 4.78 is 13.1. The third kappa shape index (κ3) is 6.16. The van der Waals surface area contributed by atoms with E-state index >= 15 is 0 Å². The first-order valence-corrected chi connectivity index (χ1v) is 8.95. The van der Waals surface area contributed by atoms with Crippen LogP contribution < -0.4 is 10.6 Å². The van der Waals surface area contributed by atoms with Gasteiger partial charge in [-0.05, 0) is 56.6 Å². The van der Waals surface area contributed by atoms with Gasteiger partial charge in [0.15, 0.2) is 0 Å². The van der Waals surface area contributed by atoms with Crippen LogP contribution in [0.15, 0.2) is 52.3 Å². The maximum absolute atomic E-state index is 13.1. The van der Waals surface area contributed by atoms with Crippen molar-refractivity contribution in [3.05, 3.63) is 53.8 Å². The number of rotatable bonds is 7. The van der Waals surface area contributed by atoms with Crippen LogP contribution in [0.4, 0.5) is 10.1 Å². The molecule has 7 heteroatoms. The largest absolute Gasteiger partial charge is 0.351 e. The van der Waals surface area contributed by atoms with E-state index < -0.39 is 0 Å². The van der Waals surface area contributed by atoms with Crippen LogP contribution in [0.2, 0.25) is 0 Å². The van der Waals surface area contributed by atoms with Crippen LogP contribution in [0.5, 0.6) is 0 Å². The van der Waals surface area contributed by atoms with Crippen LogP contribution in [0, 0.1) is 5.82 Å². The first kappa shape index (κ1) is 19.9. The molecule has 0 aromatic heterocycles. The Morgan fingerprint density at radius 2 is 1.81 bits per heavy atom. The molecule has 0 unspecified atom stereocenters. The van der Waals surface area contributed by atoms with E-state index in [0.717, 1.165) is 16.3 Å². The Kier molecular flexibility index (Phi) is 7.17. The van der Waals surface area contributed by atoms with E-state index in [2.05, 4.69) is 10.6 Å². The molecule has 0 heterocycles. The summed E-state index contributed by atoms with van der Waals surface area (Å²) in [7, 11) is 3.87. The number of amides is 2. The number of nitrogens with one attached hydrogen (secondary N) is 2. The Labute approximate surface area is 157 Å². The van der Waals surface area contributed by atoms with E-state index in [1.54, 1.807) is 30.3 Å². The van der Waals surface area contributed by atoms with Gasteiger partial charge in [0.1, 0.15) is 5.82 Å². The standard InChI is InChI=1S/C19H22FN3O2S/c1-13(24)22-17-12-14(19(25)21-10-11-23(2)3)4-9-18(17)26-16-7-5-15(20)6-8-16/h4-9,12H,10-11H2,1-3H3,(H,21,25)(H,22,24).